The number of benzene rings is 3. The minimum atomic E-state index is -0.111. The van der Waals surface area contributed by atoms with Crippen LogP contribution in [0.1, 0.15) is 15.9 Å². The maximum Gasteiger partial charge on any atom is 0.256 e. The molecule has 25 heavy (non-hydrogen) atoms. The van der Waals surface area contributed by atoms with E-state index >= 15 is 0 Å². The zero-order valence-electron chi connectivity index (χ0n) is 13.7. The number of thiazole rings is 1. The van der Waals surface area contributed by atoms with Gasteiger partial charge in [0.05, 0.1) is 15.7 Å². The second-order valence-corrected chi connectivity index (χ2v) is 6.79. The van der Waals surface area contributed by atoms with Gasteiger partial charge in [-0.15, -0.1) is 11.3 Å². The highest BCUT2D eigenvalue weighted by Gasteiger charge is 2.13. The summed E-state index contributed by atoms with van der Waals surface area (Å²) in [4.78, 5) is 17.1. The zero-order chi connectivity index (χ0) is 17.2. The summed E-state index contributed by atoms with van der Waals surface area (Å²) in [5, 5.41) is 3.00. The molecule has 3 nitrogen and oxygen atoms in total. The predicted octanol–water partition coefficient (Wildman–Crippen LogP) is 5.52. The molecule has 0 saturated heterocycles. The summed E-state index contributed by atoms with van der Waals surface area (Å²) in [7, 11) is 0. The minimum Gasteiger partial charge on any atom is -0.322 e. The van der Waals surface area contributed by atoms with Crippen molar-refractivity contribution in [2.45, 2.75) is 6.92 Å². The van der Waals surface area contributed by atoms with Gasteiger partial charge in [0.25, 0.3) is 5.91 Å². The van der Waals surface area contributed by atoms with Crippen LogP contribution in [0.4, 0.5) is 5.69 Å². The number of rotatable bonds is 3. The van der Waals surface area contributed by atoms with Crippen molar-refractivity contribution in [3.8, 4) is 11.1 Å². The molecule has 4 heteroatoms. The zero-order valence-corrected chi connectivity index (χ0v) is 14.5. The first-order valence-corrected chi connectivity index (χ1v) is 8.89. The van der Waals surface area contributed by atoms with E-state index in [9.17, 15) is 4.79 Å². The first-order chi connectivity index (χ1) is 12.2. The van der Waals surface area contributed by atoms with Crippen molar-refractivity contribution < 1.29 is 4.79 Å². The number of aryl methyl sites for hydroxylation is 1. The fourth-order valence-electron chi connectivity index (χ4n) is 2.80. The van der Waals surface area contributed by atoms with Crippen LogP contribution in [-0.2, 0) is 0 Å². The number of nitrogens with zero attached hydrogens (tertiary/aromatic N) is 1. The molecule has 0 aliphatic rings. The van der Waals surface area contributed by atoms with Crippen molar-refractivity contribution in [3.63, 3.8) is 0 Å². The molecule has 3 aromatic carbocycles. The lowest BCUT2D eigenvalue weighted by Crippen LogP contribution is -2.13. The number of nitrogens with one attached hydrogen (secondary N) is 1. The number of amides is 1. The Morgan fingerprint density at radius 2 is 1.80 bits per heavy atom. The normalized spacial score (nSPS) is 10.8. The molecule has 0 atom stereocenters. The van der Waals surface area contributed by atoms with Crippen LogP contribution in [-0.4, -0.2) is 10.9 Å². The Balaban J connectivity index is 1.67. The number of hydrogen-bond donors (Lipinski definition) is 1. The van der Waals surface area contributed by atoms with E-state index in [0.717, 1.165) is 27.0 Å². The van der Waals surface area contributed by atoms with Crippen LogP contribution >= 0.6 is 11.3 Å². The smallest absolute Gasteiger partial charge is 0.256 e. The molecule has 0 spiro atoms. The van der Waals surface area contributed by atoms with Gasteiger partial charge in [0, 0.05) is 11.3 Å². The minimum absolute atomic E-state index is 0.111. The summed E-state index contributed by atoms with van der Waals surface area (Å²) in [6.07, 6.45) is 0. The Kier molecular flexibility index (Phi) is 4.04. The van der Waals surface area contributed by atoms with Gasteiger partial charge >= 0.3 is 0 Å². The monoisotopic (exact) mass is 344 g/mol. The lowest BCUT2D eigenvalue weighted by molar-refractivity contribution is 0.102. The SMILES string of the molecule is Cc1ccc(-c2ccccc2C(=O)Nc2ccc3ncsc3c2)cc1. The van der Waals surface area contributed by atoms with Crippen LogP contribution < -0.4 is 5.32 Å². The number of carbonyl (C=O) groups is 1. The number of fused-ring (bicyclic) bond motifs is 1. The summed E-state index contributed by atoms with van der Waals surface area (Å²) in [6, 6.07) is 21.6. The average molecular weight is 344 g/mol. The summed E-state index contributed by atoms with van der Waals surface area (Å²) < 4.78 is 1.06. The van der Waals surface area contributed by atoms with Crippen molar-refractivity contribution in [2.75, 3.05) is 5.32 Å². The van der Waals surface area contributed by atoms with E-state index in [-0.39, 0.29) is 5.91 Å². The van der Waals surface area contributed by atoms with Gasteiger partial charge in [-0.05, 0) is 42.3 Å². The van der Waals surface area contributed by atoms with E-state index in [1.165, 1.54) is 5.56 Å². The number of carbonyl (C=O) groups excluding carboxylic acids is 1. The molecule has 0 saturated carbocycles. The maximum absolute atomic E-state index is 12.8. The predicted molar refractivity (Wildman–Crippen MR) is 104 cm³/mol. The van der Waals surface area contributed by atoms with Crippen molar-refractivity contribution in [3.05, 3.63) is 83.4 Å². The van der Waals surface area contributed by atoms with Gasteiger partial charge in [-0.2, -0.15) is 0 Å². The standard InChI is InChI=1S/C21H16N2OS/c1-14-6-8-15(9-7-14)17-4-2-3-5-18(17)21(24)23-16-10-11-19-20(12-16)25-13-22-19/h2-13H,1H3,(H,23,24). The molecule has 0 bridgehead atoms. The molecule has 0 aliphatic heterocycles. The Morgan fingerprint density at radius 1 is 1.00 bits per heavy atom. The van der Waals surface area contributed by atoms with Crippen LogP contribution in [0.2, 0.25) is 0 Å². The molecule has 0 unspecified atom stereocenters. The third kappa shape index (κ3) is 3.16. The van der Waals surface area contributed by atoms with Crippen LogP contribution in [0.5, 0.6) is 0 Å². The van der Waals surface area contributed by atoms with E-state index in [2.05, 4.69) is 29.4 Å². The molecule has 4 aromatic rings. The average Bonchev–Trinajstić information content (AvgIpc) is 3.10. The molecule has 0 aliphatic carbocycles. The number of anilines is 1. The molecule has 1 N–H and O–H groups in total. The molecular formula is C21H16N2OS. The van der Waals surface area contributed by atoms with Gasteiger partial charge in [-0.25, -0.2) is 4.98 Å². The van der Waals surface area contributed by atoms with Crippen LogP contribution in [0.15, 0.2) is 72.2 Å². The highest BCUT2D eigenvalue weighted by Crippen LogP contribution is 2.26. The van der Waals surface area contributed by atoms with E-state index in [4.69, 9.17) is 0 Å². The summed E-state index contributed by atoms with van der Waals surface area (Å²) in [6.45, 7) is 2.05. The topological polar surface area (TPSA) is 42.0 Å². The quantitative estimate of drug-likeness (QED) is 0.531. The number of aromatic nitrogens is 1. The third-order valence-corrected chi connectivity index (χ3v) is 4.92. The molecule has 1 amide bonds. The van der Waals surface area contributed by atoms with Gasteiger partial charge in [0.1, 0.15) is 0 Å². The van der Waals surface area contributed by atoms with E-state index in [0.29, 0.717) is 5.56 Å². The first kappa shape index (κ1) is 15.5. The molecule has 1 aromatic heterocycles. The van der Waals surface area contributed by atoms with Gasteiger partial charge in [-0.1, -0.05) is 48.0 Å². The Hall–Kier alpha value is -2.98. The summed E-state index contributed by atoms with van der Waals surface area (Å²) in [5.41, 5.74) is 7.36. The molecule has 0 fully saturated rings. The largest absolute Gasteiger partial charge is 0.322 e. The highest BCUT2D eigenvalue weighted by atomic mass is 32.1. The molecule has 1 heterocycles. The van der Waals surface area contributed by atoms with Crippen LogP contribution in [0.25, 0.3) is 21.3 Å². The fourth-order valence-corrected chi connectivity index (χ4v) is 3.51. The van der Waals surface area contributed by atoms with E-state index in [1.54, 1.807) is 11.3 Å². The molecular weight excluding hydrogens is 328 g/mol. The van der Waals surface area contributed by atoms with Gasteiger partial charge in [-0.3, -0.25) is 4.79 Å². The Bertz CT molecular complexity index is 1050. The van der Waals surface area contributed by atoms with Crippen molar-refractivity contribution in [1.82, 2.24) is 4.98 Å². The fraction of sp³-hybridized carbons (Fsp3) is 0.0476. The Morgan fingerprint density at radius 3 is 2.64 bits per heavy atom. The third-order valence-electron chi connectivity index (χ3n) is 4.12. The molecule has 122 valence electrons. The van der Waals surface area contributed by atoms with Gasteiger partial charge in [0.2, 0.25) is 0 Å². The van der Waals surface area contributed by atoms with Crippen LogP contribution in [0, 0.1) is 6.92 Å². The van der Waals surface area contributed by atoms with Crippen LogP contribution in [0.3, 0.4) is 0 Å². The second kappa shape index (κ2) is 6.49. The highest BCUT2D eigenvalue weighted by molar-refractivity contribution is 7.16. The maximum atomic E-state index is 12.8. The Labute approximate surface area is 150 Å². The van der Waals surface area contributed by atoms with E-state index < -0.39 is 0 Å². The second-order valence-electron chi connectivity index (χ2n) is 5.90. The first-order valence-electron chi connectivity index (χ1n) is 8.01. The van der Waals surface area contributed by atoms with Crippen molar-refractivity contribution >= 4 is 33.1 Å². The lowest BCUT2D eigenvalue weighted by Gasteiger charge is -2.11. The van der Waals surface area contributed by atoms with Crippen molar-refractivity contribution in [1.29, 1.82) is 0 Å². The van der Waals surface area contributed by atoms with Gasteiger partial charge in [0.15, 0.2) is 0 Å². The number of hydrogen-bond acceptors (Lipinski definition) is 3. The lowest BCUT2D eigenvalue weighted by atomic mass is 9.98. The molecule has 0 radical (unpaired) electrons. The van der Waals surface area contributed by atoms with E-state index in [1.807, 2.05) is 60.1 Å². The van der Waals surface area contributed by atoms with Crippen molar-refractivity contribution in [2.24, 2.45) is 0 Å². The molecule has 4 rings (SSSR count). The summed E-state index contributed by atoms with van der Waals surface area (Å²) >= 11 is 1.56. The summed E-state index contributed by atoms with van der Waals surface area (Å²) in [5.74, 6) is -0.111. The van der Waals surface area contributed by atoms with Gasteiger partial charge < -0.3 is 5.32 Å².